The van der Waals surface area contributed by atoms with Crippen LogP contribution in [-0.2, 0) is 0 Å². The predicted molar refractivity (Wildman–Crippen MR) is 76.1 cm³/mol. The molecule has 100 valence electrons. The molecule has 1 fully saturated rings. The average Bonchev–Trinajstić information content (AvgIpc) is 2.80. The number of piperazine rings is 1. The lowest BCUT2D eigenvalue weighted by Crippen LogP contribution is -2.64. The van der Waals surface area contributed by atoms with Gasteiger partial charge in [0.25, 0.3) is 5.91 Å². The van der Waals surface area contributed by atoms with Crippen molar-refractivity contribution in [1.82, 2.24) is 10.2 Å². The number of amides is 1. The van der Waals surface area contributed by atoms with Gasteiger partial charge in [0, 0.05) is 19.1 Å². The summed E-state index contributed by atoms with van der Waals surface area (Å²) in [5, 5.41) is 5.51. The van der Waals surface area contributed by atoms with E-state index >= 15 is 0 Å². The van der Waals surface area contributed by atoms with Crippen LogP contribution in [0.5, 0.6) is 0 Å². The Morgan fingerprint density at radius 2 is 2.28 bits per heavy atom. The average molecular weight is 266 g/mol. The van der Waals surface area contributed by atoms with Crippen molar-refractivity contribution >= 4 is 17.2 Å². The molecule has 18 heavy (non-hydrogen) atoms. The number of hydrogen-bond acceptors (Lipinski definition) is 3. The molecule has 1 aliphatic heterocycles. The number of carbonyl (C=O) groups is 1. The van der Waals surface area contributed by atoms with Gasteiger partial charge >= 0.3 is 0 Å². The largest absolute Gasteiger partial charge is 0.330 e. The van der Waals surface area contributed by atoms with E-state index in [-0.39, 0.29) is 11.4 Å². The van der Waals surface area contributed by atoms with E-state index in [1.165, 1.54) is 11.3 Å². The van der Waals surface area contributed by atoms with Crippen LogP contribution in [0.3, 0.4) is 0 Å². The Bertz CT molecular complexity index is 411. The molecule has 4 heteroatoms. The standard InChI is InChI=1S/C14H22N2OS/c1-10(2)11-8-16(14(3,4)9-15-11)13(17)12-6-5-7-18-12/h5-7,10-11,15H,8-9H2,1-4H3. The first kappa shape index (κ1) is 13.6. The summed E-state index contributed by atoms with van der Waals surface area (Å²) in [6, 6.07) is 4.24. The number of hydrogen-bond donors (Lipinski definition) is 1. The van der Waals surface area contributed by atoms with Crippen LogP contribution in [0.15, 0.2) is 17.5 Å². The topological polar surface area (TPSA) is 32.3 Å². The first-order chi connectivity index (χ1) is 8.42. The quantitative estimate of drug-likeness (QED) is 0.892. The minimum atomic E-state index is -0.119. The van der Waals surface area contributed by atoms with Gasteiger partial charge in [-0.2, -0.15) is 0 Å². The lowest BCUT2D eigenvalue weighted by Gasteiger charge is -2.47. The van der Waals surface area contributed by atoms with E-state index < -0.39 is 0 Å². The first-order valence-electron chi connectivity index (χ1n) is 6.50. The van der Waals surface area contributed by atoms with Crippen molar-refractivity contribution in [3.63, 3.8) is 0 Å². The first-order valence-corrected chi connectivity index (χ1v) is 7.38. The molecule has 0 radical (unpaired) electrons. The maximum Gasteiger partial charge on any atom is 0.264 e. The lowest BCUT2D eigenvalue weighted by molar-refractivity contribution is 0.0358. The second kappa shape index (κ2) is 5.02. The van der Waals surface area contributed by atoms with E-state index in [0.717, 1.165) is 18.0 Å². The van der Waals surface area contributed by atoms with Gasteiger partial charge in [0.1, 0.15) is 0 Å². The maximum absolute atomic E-state index is 12.6. The molecule has 3 nitrogen and oxygen atoms in total. The molecule has 0 aromatic carbocycles. The van der Waals surface area contributed by atoms with E-state index in [1.807, 2.05) is 22.4 Å². The molecule has 0 aliphatic carbocycles. The number of rotatable bonds is 2. The molecule has 1 aromatic rings. The summed E-state index contributed by atoms with van der Waals surface area (Å²) in [4.78, 5) is 15.4. The Morgan fingerprint density at radius 3 is 2.83 bits per heavy atom. The van der Waals surface area contributed by atoms with Gasteiger partial charge in [-0.1, -0.05) is 19.9 Å². The van der Waals surface area contributed by atoms with Crippen LogP contribution in [0.2, 0.25) is 0 Å². The molecular formula is C14H22N2OS. The zero-order valence-electron chi connectivity index (χ0n) is 11.6. The zero-order chi connectivity index (χ0) is 13.3. The van der Waals surface area contributed by atoms with E-state index in [2.05, 4.69) is 33.0 Å². The van der Waals surface area contributed by atoms with Crippen LogP contribution in [-0.4, -0.2) is 35.5 Å². The van der Waals surface area contributed by atoms with E-state index in [9.17, 15) is 4.79 Å². The fourth-order valence-corrected chi connectivity index (χ4v) is 2.99. The summed E-state index contributed by atoms with van der Waals surface area (Å²) < 4.78 is 0. The molecule has 1 unspecified atom stereocenters. The molecule has 1 amide bonds. The Labute approximate surface area is 113 Å². The van der Waals surface area contributed by atoms with Crippen LogP contribution in [0.4, 0.5) is 0 Å². The smallest absolute Gasteiger partial charge is 0.264 e. The molecule has 1 aliphatic rings. The fourth-order valence-electron chi connectivity index (χ4n) is 2.32. The maximum atomic E-state index is 12.6. The Balaban J connectivity index is 2.19. The van der Waals surface area contributed by atoms with Gasteiger partial charge in [-0.25, -0.2) is 0 Å². The number of nitrogens with zero attached hydrogens (tertiary/aromatic N) is 1. The molecule has 0 spiro atoms. The van der Waals surface area contributed by atoms with Gasteiger partial charge in [0.05, 0.1) is 10.4 Å². The predicted octanol–water partition coefficient (Wildman–Crippen LogP) is 2.60. The van der Waals surface area contributed by atoms with Crippen molar-refractivity contribution < 1.29 is 4.79 Å². The number of nitrogens with one attached hydrogen (secondary N) is 1. The van der Waals surface area contributed by atoms with E-state index in [4.69, 9.17) is 0 Å². The number of thiophene rings is 1. The highest BCUT2D eigenvalue weighted by Gasteiger charge is 2.38. The van der Waals surface area contributed by atoms with Crippen molar-refractivity contribution in [2.24, 2.45) is 5.92 Å². The summed E-state index contributed by atoms with van der Waals surface area (Å²) in [5.41, 5.74) is -0.119. The van der Waals surface area contributed by atoms with Crippen molar-refractivity contribution in [3.05, 3.63) is 22.4 Å². The normalized spacial score (nSPS) is 23.4. The van der Waals surface area contributed by atoms with Gasteiger partial charge in [0.2, 0.25) is 0 Å². The molecule has 1 saturated heterocycles. The van der Waals surface area contributed by atoms with Crippen LogP contribution in [0, 0.1) is 5.92 Å². The molecule has 1 aromatic heterocycles. The monoisotopic (exact) mass is 266 g/mol. The van der Waals surface area contributed by atoms with Crippen LogP contribution in [0.25, 0.3) is 0 Å². The summed E-state index contributed by atoms with van der Waals surface area (Å²) in [5.74, 6) is 0.710. The third kappa shape index (κ3) is 2.59. The molecule has 1 N–H and O–H groups in total. The fraction of sp³-hybridized carbons (Fsp3) is 0.643. The lowest BCUT2D eigenvalue weighted by atomic mass is 9.92. The minimum absolute atomic E-state index is 0.119. The molecule has 1 atom stereocenters. The van der Waals surface area contributed by atoms with Crippen molar-refractivity contribution in [2.45, 2.75) is 39.3 Å². The van der Waals surface area contributed by atoms with Crippen LogP contribution < -0.4 is 5.32 Å². The molecule has 0 saturated carbocycles. The summed E-state index contributed by atoms with van der Waals surface area (Å²) >= 11 is 1.52. The van der Waals surface area contributed by atoms with Crippen molar-refractivity contribution in [2.75, 3.05) is 13.1 Å². The van der Waals surface area contributed by atoms with Crippen molar-refractivity contribution in [3.8, 4) is 0 Å². The van der Waals surface area contributed by atoms with Crippen molar-refractivity contribution in [1.29, 1.82) is 0 Å². The summed E-state index contributed by atoms with van der Waals surface area (Å²) in [7, 11) is 0. The third-order valence-corrected chi connectivity index (χ3v) is 4.55. The number of carbonyl (C=O) groups excluding carboxylic acids is 1. The van der Waals surface area contributed by atoms with Gasteiger partial charge < -0.3 is 10.2 Å². The van der Waals surface area contributed by atoms with Gasteiger partial charge in [0.15, 0.2) is 0 Å². The summed E-state index contributed by atoms with van der Waals surface area (Å²) in [6.07, 6.45) is 0. The van der Waals surface area contributed by atoms with Gasteiger partial charge in [-0.3, -0.25) is 4.79 Å². The highest BCUT2D eigenvalue weighted by Crippen LogP contribution is 2.25. The SMILES string of the molecule is CC(C)C1CN(C(=O)c2cccs2)C(C)(C)CN1. The van der Waals surface area contributed by atoms with E-state index in [1.54, 1.807) is 0 Å². The second-order valence-corrected chi connectivity index (χ2v) is 6.88. The van der Waals surface area contributed by atoms with E-state index in [0.29, 0.717) is 12.0 Å². The van der Waals surface area contributed by atoms with Crippen LogP contribution >= 0.6 is 11.3 Å². The molecular weight excluding hydrogens is 244 g/mol. The van der Waals surface area contributed by atoms with Crippen LogP contribution in [0.1, 0.15) is 37.4 Å². The van der Waals surface area contributed by atoms with Gasteiger partial charge in [-0.15, -0.1) is 11.3 Å². The Hall–Kier alpha value is -0.870. The van der Waals surface area contributed by atoms with Gasteiger partial charge in [-0.05, 0) is 31.2 Å². The molecule has 0 bridgehead atoms. The highest BCUT2D eigenvalue weighted by molar-refractivity contribution is 7.12. The minimum Gasteiger partial charge on any atom is -0.330 e. The summed E-state index contributed by atoms with van der Waals surface area (Å²) in [6.45, 7) is 10.3. The highest BCUT2D eigenvalue weighted by atomic mass is 32.1. The second-order valence-electron chi connectivity index (χ2n) is 5.94. The zero-order valence-corrected chi connectivity index (χ0v) is 12.4. The Kier molecular flexibility index (Phi) is 3.78. The Morgan fingerprint density at radius 1 is 1.56 bits per heavy atom. The molecule has 2 heterocycles. The molecule has 2 rings (SSSR count). The third-order valence-electron chi connectivity index (χ3n) is 3.69.